The van der Waals surface area contributed by atoms with E-state index in [1.54, 1.807) is 13.8 Å². The molecule has 78 valence electrons. The SMILES string of the molecule is CC(SCC(C)(O)C(C)C)C(=O)O. The van der Waals surface area contributed by atoms with Crippen molar-refractivity contribution in [2.45, 2.75) is 38.5 Å². The van der Waals surface area contributed by atoms with E-state index >= 15 is 0 Å². The molecule has 2 unspecified atom stereocenters. The minimum Gasteiger partial charge on any atom is -0.480 e. The van der Waals surface area contributed by atoms with Gasteiger partial charge in [0.05, 0.1) is 10.9 Å². The molecule has 0 aromatic carbocycles. The first-order valence-electron chi connectivity index (χ1n) is 4.34. The lowest BCUT2D eigenvalue weighted by atomic mass is 9.95. The Hall–Kier alpha value is -0.220. The van der Waals surface area contributed by atoms with Crippen molar-refractivity contribution in [2.24, 2.45) is 5.92 Å². The molecule has 0 saturated carbocycles. The minimum absolute atomic E-state index is 0.140. The van der Waals surface area contributed by atoms with Crippen molar-refractivity contribution in [3.05, 3.63) is 0 Å². The molecule has 0 rings (SSSR count). The normalized spacial score (nSPS) is 18.3. The molecule has 0 bridgehead atoms. The van der Waals surface area contributed by atoms with Crippen LogP contribution in [0.3, 0.4) is 0 Å². The van der Waals surface area contributed by atoms with Crippen LogP contribution in [0.4, 0.5) is 0 Å². The molecule has 0 aliphatic heterocycles. The lowest BCUT2D eigenvalue weighted by molar-refractivity contribution is -0.136. The molecule has 0 aliphatic rings. The molecule has 0 aromatic rings. The van der Waals surface area contributed by atoms with E-state index in [0.29, 0.717) is 5.75 Å². The number of rotatable bonds is 5. The molecule has 0 amide bonds. The largest absolute Gasteiger partial charge is 0.480 e. The summed E-state index contributed by atoms with van der Waals surface area (Å²) in [5.74, 6) is -0.233. The molecule has 0 spiro atoms. The van der Waals surface area contributed by atoms with Crippen molar-refractivity contribution in [1.29, 1.82) is 0 Å². The summed E-state index contributed by atoms with van der Waals surface area (Å²) in [5.41, 5.74) is -0.783. The lowest BCUT2D eigenvalue weighted by Crippen LogP contribution is -2.35. The fourth-order valence-corrected chi connectivity index (χ4v) is 1.60. The molecule has 2 atom stereocenters. The maximum Gasteiger partial charge on any atom is 0.316 e. The number of carboxylic acid groups (broad SMARTS) is 1. The molecule has 0 saturated heterocycles. The van der Waals surface area contributed by atoms with Crippen molar-refractivity contribution in [2.75, 3.05) is 5.75 Å². The number of hydrogen-bond acceptors (Lipinski definition) is 3. The Morgan fingerprint density at radius 3 is 2.23 bits per heavy atom. The Morgan fingerprint density at radius 1 is 1.46 bits per heavy atom. The van der Waals surface area contributed by atoms with E-state index in [9.17, 15) is 9.90 Å². The van der Waals surface area contributed by atoms with Gasteiger partial charge < -0.3 is 10.2 Å². The Labute approximate surface area is 83.5 Å². The Kier molecular flexibility index (Phi) is 4.78. The zero-order valence-corrected chi connectivity index (χ0v) is 9.39. The maximum absolute atomic E-state index is 10.5. The summed E-state index contributed by atoms with van der Waals surface area (Å²) in [7, 11) is 0. The summed E-state index contributed by atoms with van der Waals surface area (Å²) >= 11 is 1.27. The highest BCUT2D eigenvalue weighted by atomic mass is 32.2. The van der Waals surface area contributed by atoms with Gasteiger partial charge in [0.15, 0.2) is 0 Å². The van der Waals surface area contributed by atoms with Crippen molar-refractivity contribution < 1.29 is 15.0 Å². The Bertz CT molecular complexity index is 178. The van der Waals surface area contributed by atoms with Gasteiger partial charge in [0.25, 0.3) is 0 Å². The summed E-state index contributed by atoms with van der Waals surface area (Å²) in [6.45, 7) is 7.21. The third-order valence-electron chi connectivity index (χ3n) is 2.22. The lowest BCUT2D eigenvalue weighted by Gasteiger charge is -2.27. The van der Waals surface area contributed by atoms with Crippen LogP contribution in [0.15, 0.2) is 0 Å². The average molecular weight is 206 g/mol. The van der Waals surface area contributed by atoms with Gasteiger partial charge in [-0.3, -0.25) is 4.79 Å². The number of thioether (sulfide) groups is 1. The smallest absolute Gasteiger partial charge is 0.316 e. The quantitative estimate of drug-likeness (QED) is 0.717. The van der Waals surface area contributed by atoms with Crippen molar-refractivity contribution >= 4 is 17.7 Å². The predicted octanol–water partition coefficient (Wildman–Crippen LogP) is 1.60. The molecule has 0 heterocycles. The van der Waals surface area contributed by atoms with Crippen LogP contribution in [-0.2, 0) is 4.79 Å². The standard InChI is InChI=1S/C9H18O3S/c1-6(2)9(4,12)5-13-7(3)8(10)11/h6-7,12H,5H2,1-4H3,(H,10,11). The second-order valence-corrected chi connectivity index (χ2v) is 5.13. The van der Waals surface area contributed by atoms with Crippen LogP contribution in [-0.4, -0.2) is 32.8 Å². The zero-order valence-electron chi connectivity index (χ0n) is 8.57. The van der Waals surface area contributed by atoms with Gasteiger partial charge in [-0.2, -0.15) is 0 Å². The first kappa shape index (κ1) is 12.8. The van der Waals surface area contributed by atoms with E-state index in [1.165, 1.54) is 11.8 Å². The van der Waals surface area contributed by atoms with Gasteiger partial charge in [0.1, 0.15) is 0 Å². The predicted molar refractivity (Wildman–Crippen MR) is 55.0 cm³/mol. The fraction of sp³-hybridized carbons (Fsp3) is 0.889. The summed E-state index contributed by atoms with van der Waals surface area (Å²) < 4.78 is 0. The van der Waals surface area contributed by atoms with E-state index in [-0.39, 0.29) is 5.92 Å². The molecule has 2 N–H and O–H groups in total. The molecule has 0 fully saturated rings. The van der Waals surface area contributed by atoms with Gasteiger partial charge in [-0.25, -0.2) is 0 Å². The molecule has 13 heavy (non-hydrogen) atoms. The van der Waals surface area contributed by atoms with E-state index in [4.69, 9.17) is 5.11 Å². The molecule has 0 aliphatic carbocycles. The topological polar surface area (TPSA) is 57.5 Å². The molecule has 4 heteroatoms. The van der Waals surface area contributed by atoms with Crippen molar-refractivity contribution in [3.63, 3.8) is 0 Å². The average Bonchev–Trinajstić information content (AvgIpc) is 1.99. The summed E-state index contributed by atoms with van der Waals surface area (Å²) in [4.78, 5) is 10.5. The van der Waals surface area contributed by atoms with Crippen molar-refractivity contribution in [1.82, 2.24) is 0 Å². The molecule has 3 nitrogen and oxygen atoms in total. The fourth-order valence-electron chi connectivity index (χ4n) is 0.532. The van der Waals surface area contributed by atoms with E-state index < -0.39 is 16.8 Å². The number of hydrogen-bond donors (Lipinski definition) is 2. The zero-order chi connectivity index (χ0) is 10.6. The first-order chi connectivity index (χ1) is 5.77. The first-order valence-corrected chi connectivity index (χ1v) is 5.39. The highest BCUT2D eigenvalue weighted by Gasteiger charge is 2.26. The van der Waals surface area contributed by atoms with Crippen LogP contribution in [0.5, 0.6) is 0 Å². The maximum atomic E-state index is 10.5. The van der Waals surface area contributed by atoms with Crippen LogP contribution in [0.2, 0.25) is 0 Å². The second kappa shape index (κ2) is 4.86. The van der Waals surface area contributed by atoms with Crippen LogP contribution in [0.1, 0.15) is 27.7 Å². The third kappa shape index (κ3) is 4.52. The minimum atomic E-state index is -0.829. The van der Waals surface area contributed by atoms with Gasteiger partial charge >= 0.3 is 5.97 Å². The number of aliphatic hydroxyl groups is 1. The Morgan fingerprint density at radius 2 is 1.92 bits per heavy atom. The van der Waals surface area contributed by atoms with Gasteiger partial charge in [-0.15, -0.1) is 11.8 Å². The highest BCUT2D eigenvalue weighted by molar-refractivity contribution is 8.00. The van der Waals surface area contributed by atoms with Crippen LogP contribution in [0, 0.1) is 5.92 Å². The molecule has 0 aromatic heterocycles. The molecular weight excluding hydrogens is 188 g/mol. The number of carboxylic acids is 1. The van der Waals surface area contributed by atoms with Gasteiger partial charge in [-0.05, 0) is 19.8 Å². The van der Waals surface area contributed by atoms with Crippen molar-refractivity contribution in [3.8, 4) is 0 Å². The van der Waals surface area contributed by atoms with E-state index in [1.807, 2.05) is 13.8 Å². The van der Waals surface area contributed by atoms with Gasteiger partial charge in [0, 0.05) is 5.75 Å². The molecular formula is C9H18O3S. The monoisotopic (exact) mass is 206 g/mol. The molecule has 0 radical (unpaired) electrons. The summed E-state index contributed by atoms with van der Waals surface area (Å²) in [5, 5.41) is 18.0. The second-order valence-electron chi connectivity index (χ2n) is 3.80. The van der Waals surface area contributed by atoms with E-state index in [0.717, 1.165) is 0 Å². The summed E-state index contributed by atoms with van der Waals surface area (Å²) in [6.07, 6.45) is 0. The third-order valence-corrected chi connectivity index (χ3v) is 3.67. The van der Waals surface area contributed by atoms with Gasteiger partial charge in [-0.1, -0.05) is 13.8 Å². The number of carbonyl (C=O) groups is 1. The van der Waals surface area contributed by atoms with E-state index in [2.05, 4.69) is 0 Å². The van der Waals surface area contributed by atoms with Gasteiger partial charge in [0.2, 0.25) is 0 Å². The number of aliphatic carboxylic acids is 1. The highest BCUT2D eigenvalue weighted by Crippen LogP contribution is 2.24. The van der Waals surface area contributed by atoms with Crippen LogP contribution in [0.25, 0.3) is 0 Å². The van der Waals surface area contributed by atoms with Crippen LogP contribution < -0.4 is 0 Å². The summed E-state index contributed by atoms with van der Waals surface area (Å²) in [6, 6.07) is 0. The van der Waals surface area contributed by atoms with Crippen LogP contribution >= 0.6 is 11.8 Å². The Balaban J connectivity index is 3.95.